The number of hydrogen-bond donors (Lipinski definition) is 2. The lowest BCUT2D eigenvalue weighted by atomic mass is 10.5. The maximum absolute atomic E-state index is 11.6. The molecule has 0 saturated heterocycles. The minimum Gasteiger partial charge on any atom is -0.363 e. The molecular weight excluding hydrogens is 246 g/mol. The van der Waals surface area contributed by atoms with Crippen molar-refractivity contribution in [1.29, 1.82) is 0 Å². The molecule has 0 saturated carbocycles. The molecule has 2 rings (SSSR count). The van der Waals surface area contributed by atoms with Crippen LogP contribution in [0.5, 0.6) is 0 Å². The summed E-state index contributed by atoms with van der Waals surface area (Å²) in [5.41, 5.74) is 2.57. The molecule has 0 aliphatic rings. The van der Waals surface area contributed by atoms with E-state index >= 15 is 0 Å². The first kappa shape index (κ1) is 11.0. The molecule has 2 N–H and O–H groups in total. The van der Waals surface area contributed by atoms with Gasteiger partial charge < -0.3 is 10.6 Å². The van der Waals surface area contributed by atoms with Crippen molar-refractivity contribution in [3.8, 4) is 0 Å². The van der Waals surface area contributed by atoms with Crippen LogP contribution in [0.25, 0.3) is 0 Å². The Labute approximate surface area is 99.8 Å². The topological polar surface area (TPSA) is 79.8 Å². The predicted molar refractivity (Wildman–Crippen MR) is 62.7 cm³/mol. The average molecular weight is 255 g/mol. The van der Waals surface area contributed by atoms with E-state index in [1.165, 1.54) is 22.7 Å². The summed E-state index contributed by atoms with van der Waals surface area (Å²) in [5.74, 6) is -0.230. The first-order valence-corrected chi connectivity index (χ1v) is 6.22. The van der Waals surface area contributed by atoms with Gasteiger partial charge in [0.2, 0.25) is 10.1 Å². The molecule has 0 fully saturated rings. The van der Waals surface area contributed by atoms with Crippen molar-refractivity contribution in [2.45, 2.75) is 6.54 Å². The number of nitrogens with one attached hydrogen (secondary N) is 2. The summed E-state index contributed by atoms with van der Waals surface area (Å²) in [4.78, 5) is 15.7. The van der Waals surface area contributed by atoms with Crippen LogP contribution in [0.4, 0.5) is 5.13 Å². The minimum atomic E-state index is -0.230. The Balaban J connectivity index is 1.93. The van der Waals surface area contributed by atoms with Crippen LogP contribution in [0.2, 0.25) is 0 Å². The van der Waals surface area contributed by atoms with Gasteiger partial charge in [0.15, 0.2) is 0 Å². The standard InChI is InChI=1S/C8H9N5OS2/c1-9-8-13-12-7(16-8)6(14)10-2-5-3-15-4-11-5/h3-4H,2H2,1H3,(H,9,13)(H,10,14). The number of nitrogens with zero attached hydrogens (tertiary/aromatic N) is 3. The zero-order chi connectivity index (χ0) is 11.4. The summed E-state index contributed by atoms with van der Waals surface area (Å²) in [7, 11) is 1.73. The van der Waals surface area contributed by atoms with Gasteiger partial charge in [0.25, 0.3) is 5.91 Å². The SMILES string of the molecule is CNc1nnc(C(=O)NCc2cscn2)s1. The van der Waals surface area contributed by atoms with Crippen LogP contribution in [0.1, 0.15) is 15.5 Å². The number of carbonyl (C=O) groups excluding carboxylic acids is 1. The Hall–Kier alpha value is -1.54. The Morgan fingerprint density at radius 2 is 2.38 bits per heavy atom. The molecule has 1 amide bonds. The number of carbonyl (C=O) groups is 1. The van der Waals surface area contributed by atoms with Crippen molar-refractivity contribution < 1.29 is 4.79 Å². The molecule has 0 aliphatic heterocycles. The van der Waals surface area contributed by atoms with Gasteiger partial charge in [-0.1, -0.05) is 11.3 Å². The molecule has 0 unspecified atom stereocenters. The largest absolute Gasteiger partial charge is 0.363 e. The average Bonchev–Trinajstić information content (AvgIpc) is 2.96. The summed E-state index contributed by atoms with van der Waals surface area (Å²) >= 11 is 2.71. The minimum absolute atomic E-state index is 0.230. The summed E-state index contributed by atoms with van der Waals surface area (Å²) in [6.45, 7) is 0.413. The lowest BCUT2D eigenvalue weighted by molar-refractivity contribution is 0.0949. The normalized spacial score (nSPS) is 10.1. The third kappa shape index (κ3) is 2.52. The van der Waals surface area contributed by atoms with Crippen molar-refractivity contribution in [3.63, 3.8) is 0 Å². The summed E-state index contributed by atoms with van der Waals surface area (Å²) in [6.07, 6.45) is 0. The first-order valence-electron chi connectivity index (χ1n) is 4.46. The number of anilines is 1. The molecule has 0 radical (unpaired) electrons. The quantitative estimate of drug-likeness (QED) is 0.851. The van der Waals surface area contributed by atoms with Crippen molar-refractivity contribution in [3.05, 3.63) is 21.6 Å². The van der Waals surface area contributed by atoms with E-state index in [0.717, 1.165) is 5.69 Å². The second kappa shape index (κ2) is 4.99. The monoisotopic (exact) mass is 255 g/mol. The predicted octanol–water partition coefficient (Wildman–Crippen LogP) is 0.966. The Morgan fingerprint density at radius 1 is 1.50 bits per heavy atom. The molecular formula is C8H9N5OS2. The number of amides is 1. The molecule has 16 heavy (non-hydrogen) atoms. The molecule has 2 heterocycles. The number of hydrogen-bond acceptors (Lipinski definition) is 7. The maximum Gasteiger partial charge on any atom is 0.282 e. The van der Waals surface area contributed by atoms with Gasteiger partial charge >= 0.3 is 0 Å². The van der Waals surface area contributed by atoms with E-state index < -0.39 is 0 Å². The Bertz CT molecular complexity index is 466. The molecule has 84 valence electrons. The van der Waals surface area contributed by atoms with Crippen LogP contribution in [-0.2, 0) is 6.54 Å². The molecule has 0 atom stereocenters. The summed E-state index contributed by atoms with van der Waals surface area (Å²) in [5, 5.41) is 16.0. The van der Waals surface area contributed by atoms with Gasteiger partial charge in [0, 0.05) is 12.4 Å². The highest BCUT2D eigenvalue weighted by Gasteiger charge is 2.11. The molecule has 2 aromatic heterocycles. The molecule has 0 aliphatic carbocycles. The second-order valence-corrected chi connectivity index (χ2v) is 4.52. The van der Waals surface area contributed by atoms with Gasteiger partial charge in [0.05, 0.1) is 17.7 Å². The van der Waals surface area contributed by atoms with Gasteiger partial charge in [-0.15, -0.1) is 21.5 Å². The Morgan fingerprint density at radius 3 is 3.00 bits per heavy atom. The fourth-order valence-corrected chi connectivity index (χ4v) is 2.16. The number of thiazole rings is 1. The summed E-state index contributed by atoms with van der Waals surface area (Å²) < 4.78 is 0. The highest BCUT2D eigenvalue weighted by molar-refractivity contribution is 7.17. The smallest absolute Gasteiger partial charge is 0.282 e. The number of aromatic nitrogens is 3. The Kier molecular flexibility index (Phi) is 3.42. The van der Waals surface area contributed by atoms with Gasteiger partial charge in [0.1, 0.15) is 0 Å². The zero-order valence-electron chi connectivity index (χ0n) is 8.43. The molecule has 2 aromatic rings. The summed E-state index contributed by atoms with van der Waals surface area (Å²) in [6, 6.07) is 0. The van der Waals surface area contributed by atoms with Crippen LogP contribution in [-0.4, -0.2) is 28.1 Å². The molecule has 0 spiro atoms. The van der Waals surface area contributed by atoms with Crippen molar-refractivity contribution in [1.82, 2.24) is 20.5 Å². The van der Waals surface area contributed by atoms with E-state index in [1.807, 2.05) is 5.38 Å². The van der Waals surface area contributed by atoms with E-state index in [4.69, 9.17) is 0 Å². The zero-order valence-corrected chi connectivity index (χ0v) is 10.1. The third-order valence-corrected chi connectivity index (χ3v) is 3.32. The lowest BCUT2D eigenvalue weighted by Crippen LogP contribution is -2.22. The fourth-order valence-electron chi connectivity index (χ4n) is 0.987. The van der Waals surface area contributed by atoms with E-state index in [9.17, 15) is 4.79 Å². The van der Waals surface area contributed by atoms with Crippen LogP contribution in [0.3, 0.4) is 0 Å². The van der Waals surface area contributed by atoms with Gasteiger partial charge in [-0.3, -0.25) is 4.79 Å². The highest BCUT2D eigenvalue weighted by Crippen LogP contribution is 2.13. The fraction of sp³-hybridized carbons (Fsp3) is 0.250. The van der Waals surface area contributed by atoms with Crippen molar-refractivity contribution >= 4 is 33.7 Å². The van der Waals surface area contributed by atoms with E-state index in [1.54, 1.807) is 12.6 Å². The maximum atomic E-state index is 11.6. The van der Waals surface area contributed by atoms with Crippen LogP contribution < -0.4 is 10.6 Å². The van der Waals surface area contributed by atoms with E-state index in [2.05, 4.69) is 25.8 Å². The molecule has 0 aromatic carbocycles. The molecule has 0 bridgehead atoms. The van der Waals surface area contributed by atoms with Gasteiger partial charge in [-0.05, 0) is 0 Å². The van der Waals surface area contributed by atoms with Crippen molar-refractivity contribution in [2.24, 2.45) is 0 Å². The van der Waals surface area contributed by atoms with Crippen LogP contribution in [0, 0.1) is 0 Å². The molecule has 8 heteroatoms. The lowest BCUT2D eigenvalue weighted by Gasteiger charge is -1.98. The van der Waals surface area contributed by atoms with Crippen molar-refractivity contribution in [2.75, 3.05) is 12.4 Å². The van der Waals surface area contributed by atoms with Gasteiger partial charge in [-0.25, -0.2) is 4.98 Å². The second-order valence-electron chi connectivity index (χ2n) is 2.82. The van der Waals surface area contributed by atoms with Crippen LogP contribution >= 0.6 is 22.7 Å². The highest BCUT2D eigenvalue weighted by atomic mass is 32.1. The first-order chi connectivity index (χ1) is 7.79. The molecule has 6 nitrogen and oxygen atoms in total. The van der Waals surface area contributed by atoms with Gasteiger partial charge in [-0.2, -0.15) is 0 Å². The number of rotatable bonds is 4. The third-order valence-electron chi connectivity index (χ3n) is 1.75. The van der Waals surface area contributed by atoms with Crippen LogP contribution in [0.15, 0.2) is 10.9 Å². The van der Waals surface area contributed by atoms with E-state index in [0.29, 0.717) is 16.7 Å². The van der Waals surface area contributed by atoms with E-state index in [-0.39, 0.29) is 5.91 Å².